The Bertz CT molecular complexity index is 1280. The van der Waals surface area contributed by atoms with Crippen molar-refractivity contribution in [2.45, 2.75) is 0 Å². The summed E-state index contributed by atoms with van der Waals surface area (Å²) >= 11 is 0. The molecule has 2 aliphatic rings. The van der Waals surface area contributed by atoms with E-state index in [1.54, 1.807) is 12.4 Å². The summed E-state index contributed by atoms with van der Waals surface area (Å²) in [6.07, 6.45) is 11.4. The Hall–Kier alpha value is -3.86. The van der Waals surface area contributed by atoms with Gasteiger partial charge in [0.05, 0.1) is 51.7 Å². The van der Waals surface area contributed by atoms with Crippen LogP contribution in [0.4, 0.5) is 0 Å². The first-order valence-corrected chi connectivity index (χ1v) is 8.65. The third-order valence-corrected chi connectivity index (χ3v) is 4.26. The van der Waals surface area contributed by atoms with E-state index in [-0.39, 0.29) is 0 Å². The Labute approximate surface area is 155 Å². The number of fused-ring (bicyclic) bond motifs is 7. The van der Waals surface area contributed by atoms with Crippen molar-refractivity contribution < 1.29 is 0 Å². The molecule has 27 heavy (non-hydrogen) atoms. The number of hydrogen-bond acceptors (Lipinski definition) is 4. The van der Waals surface area contributed by atoms with E-state index in [1.165, 1.54) is 0 Å². The Morgan fingerprint density at radius 1 is 0.556 bits per heavy atom. The monoisotopic (exact) mass is 349 g/mol. The molecule has 0 atom stereocenters. The fraction of sp³-hybridized carbons (Fsp3) is 0. The zero-order valence-electron chi connectivity index (χ0n) is 14.4. The SMILES string of the molecule is C1=Cc2cc3nc(cc4ccc(cnc5ccccc5ncc1n2)[nH]4)C=C3. The number of rotatable bonds is 0. The van der Waals surface area contributed by atoms with E-state index >= 15 is 0 Å². The molecule has 5 rings (SSSR count). The predicted molar refractivity (Wildman–Crippen MR) is 109 cm³/mol. The van der Waals surface area contributed by atoms with Gasteiger partial charge >= 0.3 is 0 Å². The van der Waals surface area contributed by atoms with E-state index < -0.39 is 0 Å². The van der Waals surface area contributed by atoms with Gasteiger partial charge < -0.3 is 4.98 Å². The molecule has 1 N–H and O–H groups in total. The summed E-state index contributed by atoms with van der Waals surface area (Å²) in [6.45, 7) is 0. The molecule has 0 spiro atoms. The van der Waals surface area contributed by atoms with Crippen molar-refractivity contribution in [1.29, 1.82) is 0 Å². The van der Waals surface area contributed by atoms with Gasteiger partial charge in [0.15, 0.2) is 0 Å². The van der Waals surface area contributed by atoms with Crippen LogP contribution < -0.4 is 0 Å². The normalized spacial score (nSPS) is 12.1. The van der Waals surface area contributed by atoms with Gasteiger partial charge in [-0.3, -0.25) is 9.97 Å². The van der Waals surface area contributed by atoms with E-state index in [0.29, 0.717) is 0 Å². The molecule has 6 bridgehead atoms. The molecule has 0 unspecified atom stereocenters. The standard InChI is InChI=1S/C22H15N5/c1-2-4-22-21(3-1)23-13-19-9-7-17(26-19)11-15-5-6-16(25-15)12-18-8-10-20(27-18)14-24-22/h1-14,26H. The van der Waals surface area contributed by atoms with Gasteiger partial charge in [-0.2, -0.15) is 0 Å². The maximum absolute atomic E-state index is 4.62. The van der Waals surface area contributed by atoms with Crippen LogP contribution in [0, 0.1) is 0 Å². The van der Waals surface area contributed by atoms with E-state index in [9.17, 15) is 0 Å². The van der Waals surface area contributed by atoms with Crippen LogP contribution in [-0.2, 0) is 0 Å². The smallest absolute Gasteiger partial charge is 0.0887 e. The molecule has 0 amide bonds. The molecule has 3 aromatic rings. The molecule has 0 saturated carbocycles. The molecule has 2 aliphatic heterocycles. The summed E-state index contributed by atoms with van der Waals surface area (Å²) in [6, 6.07) is 15.8. The second-order valence-corrected chi connectivity index (χ2v) is 6.25. The van der Waals surface area contributed by atoms with Gasteiger partial charge in [-0.15, -0.1) is 0 Å². The van der Waals surface area contributed by atoms with Crippen LogP contribution in [0.15, 0.2) is 60.9 Å². The van der Waals surface area contributed by atoms with Crippen molar-refractivity contribution in [3.05, 3.63) is 83.7 Å². The van der Waals surface area contributed by atoms with E-state index in [2.05, 4.69) is 24.9 Å². The number of nitrogens with zero attached hydrogens (tertiary/aromatic N) is 4. The molecule has 0 fully saturated rings. The highest BCUT2D eigenvalue weighted by molar-refractivity contribution is 5.76. The lowest BCUT2D eigenvalue weighted by Crippen LogP contribution is -1.79. The molecule has 0 aliphatic carbocycles. The first-order chi connectivity index (χ1) is 13.3. The van der Waals surface area contributed by atoms with Gasteiger partial charge in [-0.05, 0) is 60.7 Å². The average molecular weight is 349 g/mol. The Kier molecular flexibility index (Phi) is 3.68. The van der Waals surface area contributed by atoms with Crippen molar-refractivity contribution in [2.75, 3.05) is 0 Å². The second-order valence-electron chi connectivity index (χ2n) is 6.25. The number of nitrogens with one attached hydrogen (secondary N) is 1. The van der Waals surface area contributed by atoms with Crippen molar-refractivity contribution in [3.8, 4) is 0 Å². The van der Waals surface area contributed by atoms with Crippen molar-refractivity contribution in [2.24, 2.45) is 0 Å². The lowest BCUT2D eigenvalue weighted by atomic mass is 10.3. The lowest BCUT2D eigenvalue weighted by molar-refractivity contribution is 1.25. The molecule has 0 radical (unpaired) electrons. The maximum atomic E-state index is 4.62. The third kappa shape index (κ3) is 3.30. The topological polar surface area (TPSA) is 67.3 Å². The second kappa shape index (κ2) is 6.46. The first-order valence-electron chi connectivity index (χ1n) is 8.65. The van der Waals surface area contributed by atoms with Gasteiger partial charge in [-0.25, -0.2) is 9.97 Å². The lowest BCUT2D eigenvalue weighted by Gasteiger charge is -1.89. The van der Waals surface area contributed by atoms with Crippen LogP contribution in [0.1, 0.15) is 22.8 Å². The van der Waals surface area contributed by atoms with Crippen LogP contribution in [-0.4, -0.2) is 24.9 Å². The third-order valence-electron chi connectivity index (χ3n) is 4.26. The van der Waals surface area contributed by atoms with E-state index in [4.69, 9.17) is 0 Å². The number of aromatic nitrogens is 5. The highest BCUT2D eigenvalue weighted by atomic mass is 14.8. The van der Waals surface area contributed by atoms with E-state index in [0.717, 1.165) is 44.8 Å². The summed E-state index contributed by atoms with van der Waals surface area (Å²) in [5, 5.41) is 0. The molecule has 5 nitrogen and oxygen atoms in total. The van der Waals surface area contributed by atoms with Crippen molar-refractivity contribution in [3.63, 3.8) is 0 Å². The fourth-order valence-corrected chi connectivity index (χ4v) is 2.96. The van der Waals surface area contributed by atoms with Crippen LogP contribution in [0.5, 0.6) is 0 Å². The van der Waals surface area contributed by atoms with Gasteiger partial charge in [0.1, 0.15) is 0 Å². The van der Waals surface area contributed by atoms with Gasteiger partial charge in [0.2, 0.25) is 0 Å². The summed E-state index contributed by atoms with van der Waals surface area (Å²) in [7, 11) is 0. The zero-order valence-corrected chi connectivity index (χ0v) is 14.4. The molecule has 0 saturated heterocycles. The largest absolute Gasteiger partial charge is 0.354 e. The molecule has 1 aromatic carbocycles. The van der Waals surface area contributed by atoms with Crippen LogP contribution in [0.25, 0.3) is 46.4 Å². The number of H-pyrrole nitrogens is 1. The van der Waals surface area contributed by atoms with Crippen LogP contribution >= 0.6 is 0 Å². The van der Waals surface area contributed by atoms with Gasteiger partial charge in [0.25, 0.3) is 0 Å². The summed E-state index contributed by atoms with van der Waals surface area (Å²) in [5.41, 5.74) is 6.94. The minimum absolute atomic E-state index is 0.798. The first kappa shape index (κ1) is 15.4. The molecular formula is C22H15N5. The Morgan fingerprint density at radius 2 is 1.15 bits per heavy atom. The zero-order chi connectivity index (χ0) is 18.1. The minimum atomic E-state index is 0.798. The van der Waals surface area contributed by atoms with Crippen molar-refractivity contribution in [1.82, 2.24) is 24.9 Å². The summed E-state index contributed by atoms with van der Waals surface area (Å²) < 4.78 is 0. The molecular weight excluding hydrogens is 334 g/mol. The van der Waals surface area contributed by atoms with Gasteiger partial charge in [0, 0.05) is 5.52 Å². The number of hydrogen-bond donors (Lipinski definition) is 1. The maximum Gasteiger partial charge on any atom is 0.0887 e. The summed E-state index contributed by atoms with van der Waals surface area (Å²) in [5.74, 6) is 0. The average Bonchev–Trinajstić information content (AvgIpc) is 3.41. The quantitative estimate of drug-likeness (QED) is 0.441. The highest BCUT2D eigenvalue weighted by Crippen LogP contribution is 2.15. The molecule has 5 heteroatoms. The van der Waals surface area contributed by atoms with Crippen molar-refractivity contribution >= 4 is 46.4 Å². The molecule has 2 aromatic heterocycles. The molecule has 4 heterocycles. The summed E-state index contributed by atoms with van der Waals surface area (Å²) in [4.78, 5) is 21.7. The highest BCUT2D eigenvalue weighted by Gasteiger charge is 2.01. The van der Waals surface area contributed by atoms with E-state index in [1.807, 2.05) is 72.8 Å². The molecule has 128 valence electrons. The minimum Gasteiger partial charge on any atom is -0.354 e. The number of aromatic amines is 1. The van der Waals surface area contributed by atoms with Crippen LogP contribution in [0.3, 0.4) is 0 Å². The number of benzene rings is 1. The fourth-order valence-electron chi connectivity index (χ4n) is 2.96. The Balaban J connectivity index is 1.83. The predicted octanol–water partition coefficient (Wildman–Crippen LogP) is 4.68. The number of para-hydroxylation sites is 2. The van der Waals surface area contributed by atoms with Crippen LogP contribution in [0.2, 0.25) is 0 Å². The van der Waals surface area contributed by atoms with Gasteiger partial charge in [-0.1, -0.05) is 12.1 Å². The Morgan fingerprint density at radius 3 is 1.93 bits per heavy atom.